The first-order chi connectivity index (χ1) is 10.3. The molecule has 1 aromatic carbocycles. The van der Waals surface area contributed by atoms with Crippen molar-refractivity contribution in [1.29, 1.82) is 5.26 Å². The Morgan fingerprint density at radius 3 is 2.59 bits per heavy atom. The molecule has 1 rings (SSSR count). The Kier molecular flexibility index (Phi) is 5.01. The van der Waals surface area contributed by atoms with Crippen molar-refractivity contribution < 1.29 is 29.6 Å². The van der Waals surface area contributed by atoms with Crippen LogP contribution in [0.1, 0.15) is 12.5 Å². The van der Waals surface area contributed by atoms with E-state index in [9.17, 15) is 29.9 Å². The van der Waals surface area contributed by atoms with E-state index in [2.05, 4.69) is 4.84 Å². The number of nitro benzene ring substituents is 1. The van der Waals surface area contributed by atoms with Crippen LogP contribution in [0.2, 0.25) is 0 Å². The summed E-state index contributed by atoms with van der Waals surface area (Å²) in [5, 5.41) is 38.3. The molecule has 0 unspecified atom stereocenters. The molecule has 114 valence electrons. The van der Waals surface area contributed by atoms with Gasteiger partial charge in [-0.2, -0.15) is 10.7 Å². The summed E-state index contributed by atoms with van der Waals surface area (Å²) in [7, 11) is 0. The summed E-state index contributed by atoms with van der Waals surface area (Å²) in [5.74, 6) is -3.61. The molecule has 22 heavy (non-hydrogen) atoms. The van der Waals surface area contributed by atoms with E-state index in [0.717, 1.165) is 25.1 Å². The summed E-state index contributed by atoms with van der Waals surface area (Å²) in [6.45, 7) is 1.03. The van der Waals surface area contributed by atoms with E-state index < -0.39 is 39.6 Å². The highest BCUT2D eigenvalue weighted by Gasteiger charge is 2.19. The summed E-state index contributed by atoms with van der Waals surface area (Å²) in [5.41, 5.74) is 0.262. The number of phenolic OH excluding ortho intramolecular Hbond substituents is 2. The van der Waals surface area contributed by atoms with Gasteiger partial charge in [-0.15, -0.1) is 0 Å². The second-order valence-electron chi connectivity index (χ2n) is 3.86. The third kappa shape index (κ3) is 3.94. The number of hydroxylamine groups is 1. The lowest BCUT2D eigenvalue weighted by atomic mass is 10.1. The number of aromatic hydroxyl groups is 2. The predicted octanol–water partition coefficient (Wildman–Crippen LogP) is 0.507. The van der Waals surface area contributed by atoms with Crippen LogP contribution in [-0.4, -0.2) is 27.0 Å². The zero-order valence-corrected chi connectivity index (χ0v) is 11.1. The maximum Gasteiger partial charge on any atom is 0.329 e. The van der Waals surface area contributed by atoms with Crippen molar-refractivity contribution in [1.82, 2.24) is 5.48 Å². The number of nitriles is 1. The molecule has 0 aliphatic carbocycles. The van der Waals surface area contributed by atoms with Gasteiger partial charge in [0.05, 0.1) is 4.92 Å². The van der Waals surface area contributed by atoms with Gasteiger partial charge >= 0.3 is 11.7 Å². The lowest BCUT2D eigenvalue weighted by Gasteiger charge is -2.03. The van der Waals surface area contributed by atoms with Gasteiger partial charge in [0.1, 0.15) is 11.6 Å². The molecule has 0 atom stereocenters. The van der Waals surface area contributed by atoms with Crippen LogP contribution in [0.15, 0.2) is 17.7 Å². The number of nitrogens with zero attached hydrogens (tertiary/aromatic N) is 2. The van der Waals surface area contributed by atoms with Crippen LogP contribution in [0.25, 0.3) is 6.08 Å². The molecule has 0 heterocycles. The fourth-order valence-electron chi connectivity index (χ4n) is 1.34. The zero-order valence-electron chi connectivity index (χ0n) is 11.1. The molecule has 0 aliphatic rings. The second kappa shape index (κ2) is 6.71. The second-order valence-corrected chi connectivity index (χ2v) is 3.86. The van der Waals surface area contributed by atoms with Gasteiger partial charge in [-0.1, -0.05) is 0 Å². The number of nitrogens with one attached hydrogen (secondary N) is 1. The van der Waals surface area contributed by atoms with Gasteiger partial charge in [-0.25, -0.2) is 0 Å². The molecule has 10 heteroatoms. The van der Waals surface area contributed by atoms with E-state index in [0.29, 0.717) is 0 Å². The van der Waals surface area contributed by atoms with Gasteiger partial charge in [-0.05, 0) is 17.7 Å². The van der Waals surface area contributed by atoms with Crippen molar-refractivity contribution in [3.8, 4) is 17.6 Å². The zero-order chi connectivity index (χ0) is 16.9. The largest absolute Gasteiger partial charge is 0.504 e. The van der Waals surface area contributed by atoms with Crippen LogP contribution in [0.5, 0.6) is 11.5 Å². The Morgan fingerprint density at radius 2 is 2.09 bits per heavy atom. The molecule has 0 radical (unpaired) electrons. The molecule has 0 aromatic heterocycles. The number of carbonyl (C=O) groups is 2. The van der Waals surface area contributed by atoms with Crippen LogP contribution >= 0.6 is 0 Å². The number of phenols is 2. The van der Waals surface area contributed by atoms with E-state index in [1.165, 1.54) is 6.07 Å². The molecule has 0 saturated carbocycles. The Labute approximate surface area is 123 Å². The highest BCUT2D eigenvalue weighted by atomic mass is 16.7. The minimum atomic E-state index is -1.06. The Morgan fingerprint density at radius 1 is 1.45 bits per heavy atom. The van der Waals surface area contributed by atoms with Gasteiger partial charge < -0.3 is 15.1 Å². The summed E-state index contributed by atoms with van der Waals surface area (Å²) < 4.78 is 0. The Balaban J connectivity index is 3.19. The predicted molar refractivity (Wildman–Crippen MR) is 69.9 cm³/mol. The van der Waals surface area contributed by atoms with Crippen molar-refractivity contribution in [2.45, 2.75) is 6.92 Å². The number of benzene rings is 1. The smallest absolute Gasteiger partial charge is 0.329 e. The molecule has 0 spiro atoms. The molecular formula is C12H9N3O7. The summed E-state index contributed by atoms with van der Waals surface area (Å²) in [6.07, 6.45) is 0.908. The summed E-state index contributed by atoms with van der Waals surface area (Å²) in [4.78, 5) is 36.0. The third-order valence-electron chi connectivity index (χ3n) is 2.25. The van der Waals surface area contributed by atoms with Crippen molar-refractivity contribution in [2.75, 3.05) is 0 Å². The Hall–Kier alpha value is -3.61. The van der Waals surface area contributed by atoms with E-state index in [4.69, 9.17) is 5.26 Å². The van der Waals surface area contributed by atoms with E-state index >= 15 is 0 Å². The lowest BCUT2D eigenvalue weighted by Crippen LogP contribution is -2.26. The van der Waals surface area contributed by atoms with E-state index in [-0.39, 0.29) is 5.56 Å². The number of carbonyl (C=O) groups excluding carboxylic acids is 2. The van der Waals surface area contributed by atoms with Gasteiger partial charge in [0.15, 0.2) is 5.75 Å². The van der Waals surface area contributed by atoms with Crippen LogP contribution in [-0.2, 0) is 14.4 Å². The van der Waals surface area contributed by atoms with Gasteiger partial charge in [0.25, 0.3) is 5.91 Å². The molecule has 0 bridgehead atoms. The normalized spacial score (nSPS) is 10.5. The molecule has 1 amide bonds. The molecule has 0 saturated heterocycles. The minimum absolute atomic E-state index is 0.0866. The highest BCUT2D eigenvalue weighted by Crippen LogP contribution is 2.36. The van der Waals surface area contributed by atoms with Gasteiger partial charge in [-0.3, -0.25) is 19.7 Å². The monoisotopic (exact) mass is 307 g/mol. The molecule has 3 N–H and O–H groups in total. The standard InChI is InChI=1S/C12H9N3O7/c1-6(16)22-14-12(19)8(5-13)2-7-3-9(15(20)21)11(18)10(17)4-7/h2-4,17-18H,1H3,(H,14,19). The summed E-state index contributed by atoms with van der Waals surface area (Å²) in [6, 6.07) is 3.27. The third-order valence-corrected chi connectivity index (χ3v) is 2.25. The molecule has 10 nitrogen and oxygen atoms in total. The number of nitro groups is 1. The van der Waals surface area contributed by atoms with Crippen LogP contribution < -0.4 is 5.48 Å². The first kappa shape index (κ1) is 16.4. The fourth-order valence-corrected chi connectivity index (χ4v) is 1.34. The van der Waals surface area contributed by atoms with Crippen molar-refractivity contribution >= 4 is 23.6 Å². The average molecular weight is 307 g/mol. The topological polar surface area (TPSA) is 163 Å². The van der Waals surface area contributed by atoms with E-state index in [1.54, 1.807) is 5.48 Å². The van der Waals surface area contributed by atoms with Crippen LogP contribution in [0.3, 0.4) is 0 Å². The quantitative estimate of drug-likeness (QED) is 0.239. The maximum absolute atomic E-state index is 11.5. The molecular weight excluding hydrogens is 298 g/mol. The number of hydrogen-bond donors (Lipinski definition) is 3. The average Bonchev–Trinajstić information content (AvgIpc) is 2.45. The van der Waals surface area contributed by atoms with Crippen LogP contribution in [0.4, 0.5) is 5.69 Å². The van der Waals surface area contributed by atoms with E-state index in [1.807, 2.05) is 0 Å². The highest BCUT2D eigenvalue weighted by molar-refractivity contribution is 6.01. The fraction of sp³-hybridized carbons (Fsp3) is 0.0833. The summed E-state index contributed by atoms with van der Waals surface area (Å²) >= 11 is 0. The van der Waals surface area contributed by atoms with Crippen LogP contribution in [0, 0.1) is 21.4 Å². The lowest BCUT2D eigenvalue weighted by molar-refractivity contribution is -0.386. The van der Waals surface area contributed by atoms with Gasteiger partial charge in [0.2, 0.25) is 5.75 Å². The number of hydrogen-bond acceptors (Lipinski definition) is 8. The maximum atomic E-state index is 11.5. The van der Waals surface area contributed by atoms with Crippen molar-refractivity contribution in [2.24, 2.45) is 0 Å². The van der Waals surface area contributed by atoms with Crippen molar-refractivity contribution in [3.05, 3.63) is 33.4 Å². The Bertz CT molecular complexity index is 718. The molecule has 1 aromatic rings. The van der Waals surface area contributed by atoms with Gasteiger partial charge in [0, 0.05) is 13.0 Å². The first-order valence-electron chi connectivity index (χ1n) is 5.56. The first-order valence-corrected chi connectivity index (χ1v) is 5.56. The van der Waals surface area contributed by atoms with Crippen molar-refractivity contribution in [3.63, 3.8) is 0 Å². The SMILES string of the molecule is CC(=O)ONC(=O)C(C#N)=Cc1cc(O)c(O)c([N+](=O)[O-])c1. The molecule has 0 aliphatic heterocycles. The molecule has 0 fully saturated rings. The minimum Gasteiger partial charge on any atom is -0.504 e. The number of amides is 1. The number of rotatable bonds is 3.